The zero-order chi connectivity index (χ0) is 12.8. The Kier molecular flexibility index (Phi) is 4.78. The van der Waals surface area contributed by atoms with Crippen LogP contribution >= 0.6 is 11.8 Å². The molecule has 0 aliphatic carbocycles. The normalized spacial score (nSPS) is 10.8. The third kappa shape index (κ3) is 3.85. The van der Waals surface area contributed by atoms with Crippen LogP contribution in [0.5, 0.6) is 0 Å². The number of halogens is 1. The number of nitrogens with one attached hydrogen (secondary N) is 1. The summed E-state index contributed by atoms with van der Waals surface area (Å²) in [5.74, 6) is -0.236. The molecule has 0 radical (unpaired) electrons. The van der Waals surface area contributed by atoms with Gasteiger partial charge in [-0.25, -0.2) is 9.37 Å². The average Bonchev–Trinajstić information content (AvgIpc) is 2.81. The Morgan fingerprint density at radius 1 is 1.39 bits per heavy atom. The fraction of sp³-hybridized carbons (Fsp3) is 0.308. The minimum Gasteiger partial charge on any atom is -0.440 e. The van der Waals surface area contributed by atoms with Crippen LogP contribution in [-0.2, 0) is 6.54 Å². The summed E-state index contributed by atoms with van der Waals surface area (Å²) in [5.41, 5.74) is 0.928. The van der Waals surface area contributed by atoms with Gasteiger partial charge in [0.15, 0.2) is 0 Å². The van der Waals surface area contributed by atoms with E-state index in [1.54, 1.807) is 12.3 Å². The fourth-order valence-corrected chi connectivity index (χ4v) is 2.35. The van der Waals surface area contributed by atoms with E-state index >= 15 is 0 Å². The minimum absolute atomic E-state index is 0.236. The molecule has 1 N–H and O–H groups in total. The SMILES string of the molecule is CCCNCc1cc(F)cc(Sc2ncco2)c1. The highest BCUT2D eigenvalue weighted by molar-refractivity contribution is 7.99. The first kappa shape index (κ1) is 13.1. The van der Waals surface area contributed by atoms with E-state index in [1.807, 2.05) is 6.07 Å². The predicted octanol–water partition coefficient (Wildman–Crippen LogP) is 3.46. The first-order chi connectivity index (χ1) is 8.78. The molecule has 0 bridgehead atoms. The molecule has 0 aliphatic heterocycles. The lowest BCUT2D eigenvalue weighted by Crippen LogP contribution is -2.13. The Hall–Kier alpha value is -1.33. The number of nitrogens with zero attached hydrogens (tertiary/aromatic N) is 1. The van der Waals surface area contributed by atoms with Crippen LogP contribution in [0.2, 0.25) is 0 Å². The molecular formula is C13H15FN2OS. The fourth-order valence-electron chi connectivity index (χ4n) is 1.55. The van der Waals surface area contributed by atoms with E-state index in [1.165, 1.54) is 24.1 Å². The van der Waals surface area contributed by atoms with Gasteiger partial charge >= 0.3 is 0 Å². The van der Waals surface area contributed by atoms with Crippen molar-refractivity contribution in [1.29, 1.82) is 0 Å². The van der Waals surface area contributed by atoms with Crippen molar-refractivity contribution in [3.8, 4) is 0 Å². The molecule has 1 aromatic carbocycles. The van der Waals surface area contributed by atoms with Gasteiger partial charge in [-0.2, -0.15) is 0 Å². The largest absolute Gasteiger partial charge is 0.440 e. The molecule has 0 amide bonds. The van der Waals surface area contributed by atoms with Crippen LogP contribution in [0, 0.1) is 5.82 Å². The lowest BCUT2D eigenvalue weighted by Gasteiger charge is -2.05. The van der Waals surface area contributed by atoms with Crippen LogP contribution in [-0.4, -0.2) is 11.5 Å². The number of hydrogen-bond acceptors (Lipinski definition) is 4. The van der Waals surface area contributed by atoms with E-state index in [2.05, 4.69) is 17.2 Å². The predicted molar refractivity (Wildman–Crippen MR) is 69.0 cm³/mol. The molecule has 0 saturated heterocycles. The third-order valence-electron chi connectivity index (χ3n) is 2.30. The molecule has 3 nitrogen and oxygen atoms in total. The molecule has 1 aromatic heterocycles. The summed E-state index contributed by atoms with van der Waals surface area (Å²) in [6.45, 7) is 3.70. The smallest absolute Gasteiger partial charge is 0.260 e. The van der Waals surface area contributed by atoms with Crippen molar-refractivity contribution in [2.45, 2.75) is 30.0 Å². The van der Waals surface area contributed by atoms with Gasteiger partial charge in [0, 0.05) is 11.4 Å². The number of rotatable bonds is 6. The number of oxazole rings is 1. The maximum absolute atomic E-state index is 13.5. The van der Waals surface area contributed by atoms with Crippen molar-refractivity contribution in [3.05, 3.63) is 42.0 Å². The molecule has 0 spiro atoms. The zero-order valence-corrected chi connectivity index (χ0v) is 11.0. The van der Waals surface area contributed by atoms with Gasteiger partial charge in [0.2, 0.25) is 0 Å². The summed E-state index contributed by atoms with van der Waals surface area (Å²) in [4.78, 5) is 4.80. The Morgan fingerprint density at radius 2 is 2.28 bits per heavy atom. The molecule has 0 saturated carbocycles. The average molecular weight is 266 g/mol. The van der Waals surface area contributed by atoms with Gasteiger partial charge in [-0.3, -0.25) is 0 Å². The van der Waals surface area contributed by atoms with Crippen molar-refractivity contribution in [3.63, 3.8) is 0 Å². The molecule has 18 heavy (non-hydrogen) atoms. The van der Waals surface area contributed by atoms with E-state index < -0.39 is 0 Å². The van der Waals surface area contributed by atoms with E-state index in [0.29, 0.717) is 11.8 Å². The van der Waals surface area contributed by atoms with Crippen molar-refractivity contribution in [2.24, 2.45) is 0 Å². The Morgan fingerprint density at radius 3 is 3.00 bits per heavy atom. The van der Waals surface area contributed by atoms with E-state index in [4.69, 9.17) is 4.42 Å². The van der Waals surface area contributed by atoms with Crippen LogP contribution < -0.4 is 5.32 Å². The van der Waals surface area contributed by atoms with E-state index in [-0.39, 0.29) is 5.82 Å². The van der Waals surface area contributed by atoms with E-state index in [9.17, 15) is 4.39 Å². The summed E-state index contributed by atoms with van der Waals surface area (Å²) in [5, 5.41) is 3.77. The monoisotopic (exact) mass is 266 g/mol. The molecule has 2 aromatic rings. The molecule has 0 unspecified atom stereocenters. The molecule has 2 rings (SSSR count). The maximum atomic E-state index is 13.5. The van der Waals surface area contributed by atoms with Crippen molar-refractivity contribution < 1.29 is 8.81 Å². The second-order valence-corrected chi connectivity index (χ2v) is 4.90. The summed E-state index contributed by atoms with van der Waals surface area (Å²) in [6, 6.07) is 4.97. The van der Waals surface area contributed by atoms with Gasteiger partial charge in [0.25, 0.3) is 5.22 Å². The number of hydrogen-bond donors (Lipinski definition) is 1. The highest BCUT2D eigenvalue weighted by atomic mass is 32.2. The first-order valence-corrected chi connectivity index (χ1v) is 6.67. The molecular weight excluding hydrogens is 251 g/mol. The summed E-state index contributed by atoms with van der Waals surface area (Å²) < 4.78 is 18.6. The summed E-state index contributed by atoms with van der Waals surface area (Å²) in [6.07, 6.45) is 4.14. The van der Waals surface area contributed by atoms with Crippen LogP contribution in [0.25, 0.3) is 0 Å². The number of aromatic nitrogens is 1. The van der Waals surface area contributed by atoms with Gasteiger partial charge in [-0.15, -0.1) is 0 Å². The second-order valence-electron chi connectivity index (χ2n) is 3.87. The van der Waals surface area contributed by atoms with Gasteiger partial charge in [0.05, 0.1) is 6.20 Å². The lowest BCUT2D eigenvalue weighted by molar-refractivity contribution is 0.454. The highest BCUT2D eigenvalue weighted by Gasteiger charge is 2.05. The molecule has 96 valence electrons. The third-order valence-corrected chi connectivity index (χ3v) is 3.15. The van der Waals surface area contributed by atoms with Crippen molar-refractivity contribution in [2.75, 3.05) is 6.54 Å². The van der Waals surface area contributed by atoms with Gasteiger partial charge in [-0.1, -0.05) is 6.92 Å². The van der Waals surface area contributed by atoms with Crippen molar-refractivity contribution >= 4 is 11.8 Å². The topological polar surface area (TPSA) is 38.1 Å². The van der Waals surface area contributed by atoms with Crippen LogP contribution in [0.3, 0.4) is 0 Å². The van der Waals surface area contributed by atoms with Crippen molar-refractivity contribution in [1.82, 2.24) is 10.3 Å². The highest BCUT2D eigenvalue weighted by Crippen LogP contribution is 2.27. The van der Waals surface area contributed by atoms with Crippen LogP contribution in [0.1, 0.15) is 18.9 Å². The van der Waals surface area contributed by atoms with Crippen LogP contribution in [0.4, 0.5) is 4.39 Å². The van der Waals surface area contributed by atoms with Gasteiger partial charge < -0.3 is 9.73 Å². The molecule has 1 heterocycles. The molecule has 0 atom stereocenters. The zero-order valence-electron chi connectivity index (χ0n) is 10.1. The molecule has 0 aliphatic rings. The molecule has 0 fully saturated rings. The Bertz CT molecular complexity index is 488. The maximum Gasteiger partial charge on any atom is 0.260 e. The summed E-state index contributed by atoms with van der Waals surface area (Å²) >= 11 is 1.32. The Labute approximate surface area is 110 Å². The first-order valence-electron chi connectivity index (χ1n) is 5.85. The van der Waals surface area contributed by atoms with Crippen LogP contribution in [0.15, 0.2) is 45.2 Å². The van der Waals surface area contributed by atoms with Gasteiger partial charge in [0.1, 0.15) is 12.1 Å². The molecule has 5 heteroatoms. The number of benzene rings is 1. The minimum atomic E-state index is -0.236. The second kappa shape index (κ2) is 6.56. The summed E-state index contributed by atoms with van der Waals surface area (Å²) in [7, 11) is 0. The lowest BCUT2D eigenvalue weighted by atomic mass is 10.2. The standard InChI is InChI=1S/C13H15FN2OS/c1-2-3-15-9-10-6-11(14)8-12(7-10)18-13-16-4-5-17-13/h4-8,15H,2-3,9H2,1H3. The Balaban J connectivity index is 2.06. The van der Waals surface area contributed by atoms with Gasteiger partial charge in [-0.05, 0) is 48.5 Å². The quantitative estimate of drug-likeness (QED) is 0.812. The van der Waals surface area contributed by atoms with E-state index in [0.717, 1.165) is 23.4 Å².